The first-order valence-electron chi connectivity index (χ1n) is 6.93. The molecule has 0 amide bonds. The maximum Gasteiger partial charge on any atom is 0.168 e. The van der Waals surface area contributed by atoms with E-state index in [1.165, 1.54) is 0 Å². The van der Waals surface area contributed by atoms with Gasteiger partial charge in [0.2, 0.25) is 0 Å². The first kappa shape index (κ1) is 14.3. The molecule has 112 valence electrons. The van der Waals surface area contributed by atoms with Crippen LogP contribution >= 0.6 is 0 Å². The summed E-state index contributed by atoms with van der Waals surface area (Å²) < 4.78 is 0. The third kappa shape index (κ3) is 2.87. The fourth-order valence-corrected chi connectivity index (χ4v) is 2.34. The summed E-state index contributed by atoms with van der Waals surface area (Å²) in [7, 11) is 0. The highest BCUT2D eigenvalue weighted by atomic mass is 16.6. The molecule has 2 aromatic rings. The van der Waals surface area contributed by atoms with Crippen LogP contribution in [0.3, 0.4) is 0 Å². The number of aldehydes is 1. The van der Waals surface area contributed by atoms with E-state index >= 15 is 0 Å². The van der Waals surface area contributed by atoms with Crippen LogP contribution in [0, 0.1) is 6.92 Å². The van der Waals surface area contributed by atoms with Gasteiger partial charge in [-0.15, -0.1) is 0 Å². The minimum Gasteiger partial charge on any atom is -0.392 e. The zero-order valence-corrected chi connectivity index (χ0v) is 12.1. The highest BCUT2D eigenvalue weighted by molar-refractivity contribution is 6.00. The van der Waals surface area contributed by atoms with Gasteiger partial charge in [-0.25, -0.2) is 9.97 Å². The Morgan fingerprint density at radius 1 is 1.32 bits per heavy atom. The van der Waals surface area contributed by atoms with E-state index in [0.717, 1.165) is 11.1 Å². The molecular weight excluding hydrogens is 282 g/mol. The zero-order chi connectivity index (χ0) is 15.5. The van der Waals surface area contributed by atoms with Crippen LogP contribution in [0.1, 0.15) is 45.7 Å². The lowest BCUT2D eigenvalue weighted by Crippen LogP contribution is -2.07. The van der Waals surface area contributed by atoms with Crippen molar-refractivity contribution in [2.24, 2.45) is 5.16 Å². The van der Waals surface area contributed by atoms with Gasteiger partial charge >= 0.3 is 0 Å². The van der Waals surface area contributed by atoms with Crippen molar-refractivity contribution in [3.8, 4) is 0 Å². The zero-order valence-electron chi connectivity index (χ0n) is 12.1. The molecule has 0 spiro atoms. The van der Waals surface area contributed by atoms with Crippen LogP contribution < -0.4 is 0 Å². The molecule has 2 heterocycles. The van der Waals surface area contributed by atoms with Gasteiger partial charge in [0.15, 0.2) is 12.4 Å². The predicted octanol–water partition coefficient (Wildman–Crippen LogP) is 1.96. The normalized spacial score (nSPS) is 17.0. The van der Waals surface area contributed by atoms with Crippen molar-refractivity contribution in [3.05, 3.63) is 58.7 Å². The number of aromatic nitrogens is 2. The van der Waals surface area contributed by atoms with Crippen molar-refractivity contribution in [1.29, 1.82) is 0 Å². The van der Waals surface area contributed by atoms with Crippen LogP contribution in [-0.2, 0) is 11.4 Å². The first-order valence-corrected chi connectivity index (χ1v) is 6.93. The average Bonchev–Trinajstić information content (AvgIpc) is 3.04. The number of hydrogen-bond donors (Lipinski definition) is 1. The van der Waals surface area contributed by atoms with Crippen molar-refractivity contribution < 1.29 is 14.7 Å². The molecule has 0 aliphatic carbocycles. The molecule has 1 N–H and O–H groups in total. The lowest BCUT2D eigenvalue weighted by atomic mass is 10.0. The van der Waals surface area contributed by atoms with E-state index in [4.69, 9.17) is 9.94 Å². The molecule has 0 saturated heterocycles. The second-order valence-corrected chi connectivity index (χ2v) is 5.08. The predicted molar refractivity (Wildman–Crippen MR) is 79.5 cm³/mol. The molecule has 1 unspecified atom stereocenters. The SMILES string of the molecule is Cc1nc(C=O)cc(C2=NOC(c3ccc(CO)cc3)C2)n1. The molecule has 3 rings (SSSR count). The highest BCUT2D eigenvalue weighted by Crippen LogP contribution is 2.29. The Kier molecular flexibility index (Phi) is 3.93. The molecule has 1 aliphatic heterocycles. The van der Waals surface area contributed by atoms with E-state index in [1.54, 1.807) is 13.0 Å². The summed E-state index contributed by atoms with van der Waals surface area (Å²) in [5.74, 6) is 0.526. The largest absolute Gasteiger partial charge is 0.392 e. The summed E-state index contributed by atoms with van der Waals surface area (Å²) >= 11 is 0. The number of aryl methyl sites for hydroxylation is 1. The molecule has 6 heteroatoms. The molecule has 0 saturated carbocycles. The fourth-order valence-electron chi connectivity index (χ4n) is 2.34. The number of carbonyl (C=O) groups excluding carboxylic acids is 1. The van der Waals surface area contributed by atoms with Crippen molar-refractivity contribution in [2.45, 2.75) is 26.1 Å². The Labute approximate surface area is 127 Å². The van der Waals surface area contributed by atoms with Gasteiger partial charge in [0.1, 0.15) is 17.2 Å². The third-order valence-electron chi connectivity index (χ3n) is 3.48. The number of nitrogens with zero attached hydrogens (tertiary/aromatic N) is 3. The lowest BCUT2D eigenvalue weighted by Gasteiger charge is -2.08. The molecule has 6 nitrogen and oxygen atoms in total. The third-order valence-corrected chi connectivity index (χ3v) is 3.48. The number of carbonyl (C=O) groups is 1. The fraction of sp³-hybridized carbons (Fsp3) is 0.250. The van der Waals surface area contributed by atoms with E-state index in [2.05, 4.69) is 15.1 Å². The van der Waals surface area contributed by atoms with Crippen LogP contribution in [0.4, 0.5) is 0 Å². The van der Waals surface area contributed by atoms with Crippen molar-refractivity contribution in [2.75, 3.05) is 0 Å². The van der Waals surface area contributed by atoms with E-state index in [9.17, 15) is 4.79 Å². The lowest BCUT2D eigenvalue weighted by molar-refractivity contribution is 0.0857. The van der Waals surface area contributed by atoms with Crippen LogP contribution in [0.5, 0.6) is 0 Å². The summed E-state index contributed by atoms with van der Waals surface area (Å²) in [6.07, 6.45) is 1.09. The van der Waals surface area contributed by atoms with E-state index < -0.39 is 0 Å². The van der Waals surface area contributed by atoms with E-state index in [1.807, 2.05) is 24.3 Å². The summed E-state index contributed by atoms with van der Waals surface area (Å²) in [6.45, 7) is 1.75. The molecule has 22 heavy (non-hydrogen) atoms. The van der Waals surface area contributed by atoms with Gasteiger partial charge < -0.3 is 9.94 Å². The summed E-state index contributed by atoms with van der Waals surface area (Å²) in [5, 5.41) is 13.1. The van der Waals surface area contributed by atoms with Gasteiger partial charge in [-0.1, -0.05) is 29.4 Å². The van der Waals surface area contributed by atoms with Crippen molar-refractivity contribution in [3.63, 3.8) is 0 Å². The standard InChI is InChI=1S/C16H15N3O3/c1-10-17-13(9-21)6-14(18-10)15-7-16(22-19-15)12-4-2-11(8-20)3-5-12/h2-6,9,16,20H,7-8H2,1H3. The molecule has 0 bridgehead atoms. The number of oxime groups is 1. The van der Waals surface area contributed by atoms with Gasteiger partial charge in [-0.05, 0) is 24.1 Å². The maximum absolute atomic E-state index is 10.9. The van der Waals surface area contributed by atoms with Gasteiger partial charge in [0.25, 0.3) is 0 Å². The molecule has 0 radical (unpaired) electrons. The Morgan fingerprint density at radius 2 is 2.09 bits per heavy atom. The number of aliphatic hydroxyl groups excluding tert-OH is 1. The van der Waals surface area contributed by atoms with Crippen molar-refractivity contribution >= 4 is 12.0 Å². The number of benzene rings is 1. The first-order chi connectivity index (χ1) is 10.7. The van der Waals surface area contributed by atoms with E-state index in [0.29, 0.717) is 35.6 Å². The van der Waals surface area contributed by atoms with Gasteiger partial charge in [0.05, 0.1) is 12.3 Å². The van der Waals surface area contributed by atoms with Gasteiger partial charge in [-0.3, -0.25) is 4.79 Å². The summed E-state index contributed by atoms with van der Waals surface area (Å²) in [4.78, 5) is 24.7. The van der Waals surface area contributed by atoms with E-state index in [-0.39, 0.29) is 12.7 Å². The Morgan fingerprint density at radius 3 is 2.77 bits per heavy atom. The quantitative estimate of drug-likeness (QED) is 0.872. The highest BCUT2D eigenvalue weighted by Gasteiger charge is 2.25. The Hall–Kier alpha value is -2.60. The number of hydrogen-bond acceptors (Lipinski definition) is 6. The second-order valence-electron chi connectivity index (χ2n) is 5.08. The molecular formula is C16H15N3O3. The topological polar surface area (TPSA) is 84.7 Å². The molecule has 1 aliphatic rings. The average molecular weight is 297 g/mol. The van der Waals surface area contributed by atoms with Crippen LogP contribution in [0.2, 0.25) is 0 Å². The van der Waals surface area contributed by atoms with Gasteiger partial charge in [0, 0.05) is 6.42 Å². The van der Waals surface area contributed by atoms with Gasteiger partial charge in [-0.2, -0.15) is 0 Å². The number of aliphatic hydroxyl groups is 1. The minimum absolute atomic E-state index is 0.0161. The maximum atomic E-state index is 10.9. The molecule has 1 aromatic carbocycles. The molecule has 0 fully saturated rings. The smallest absolute Gasteiger partial charge is 0.168 e. The van der Waals surface area contributed by atoms with Crippen LogP contribution in [0.15, 0.2) is 35.5 Å². The number of rotatable bonds is 4. The minimum atomic E-state index is -0.183. The van der Waals surface area contributed by atoms with Crippen LogP contribution in [0.25, 0.3) is 0 Å². The Balaban J connectivity index is 1.79. The van der Waals surface area contributed by atoms with Crippen LogP contribution in [-0.4, -0.2) is 27.1 Å². The summed E-state index contributed by atoms with van der Waals surface area (Å²) in [5.41, 5.74) is 3.48. The second kappa shape index (κ2) is 6.03. The van der Waals surface area contributed by atoms with Crippen molar-refractivity contribution in [1.82, 2.24) is 9.97 Å². The molecule has 1 atom stereocenters. The summed E-state index contributed by atoms with van der Waals surface area (Å²) in [6, 6.07) is 9.15. The monoisotopic (exact) mass is 297 g/mol. The molecule has 1 aromatic heterocycles. The Bertz CT molecular complexity index is 726.